The summed E-state index contributed by atoms with van der Waals surface area (Å²) < 4.78 is 13.1. The first-order chi connectivity index (χ1) is 13.0. The van der Waals surface area contributed by atoms with Gasteiger partial charge in [-0.15, -0.1) is 0 Å². The van der Waals surface area contributed by atoms with Crippen LogP contribution < -0.4 is 10.6 Å². The number of aliphatic imine (C=N–C) groups is 1. The second-order valence-corrected chi connectivity index (χ2v) is 7.18. The lowest BCUT2D eigenvalue weighted by atomic mass is 10.1. The Hall–Kier alpha value is -2.60. The fraction of sp³-hybridized carbons (Fsp3) is 0.381. The number of halogens is 1. The Balaban J connectivity index is 1.54. The van der Waals surface area contributed by atoms with E-state index in [-0.39, 0.29) is 5.82 Å². The third-order valence-corrected chi connectivity index (χ3v) is 4.71. The molecule has 5 nitrogen and oxygen atoms in total. The molecule has 0 radical (unpaired) electrons. The molecule has 0 saturated carbocycles. The SMILES string of the molecule is CN(C)Cc1cccc(CN=C(N)N2CCN(c3ccc(F)cc3)CC2)c1. The van der Waals surface area contributed by atoms with E-state index in [0.29, 0.717) is 12.5 Å². The maximum atomic E-state index is 13.1. The first-order valence-electron chi connectivity index (χ1n) is 9.29. The summed E-state index contributed by atoms with van der Waals surface area (Å²) in [7, 11) is 4.13. The lowest BCUT2D eigenvalue weighted by Gasteiger charge is -2.36. The van der Waals surface area contributed by atoms with E-state index in [4.69, 9.17) is 5.73 Å². The number of rotatable bonds is 5. The summed E-state index contributed by atoms with van der Waals surface area (Å²) in [4.78, 5) is 11.1. The third kappa shape index (κ3) is 5.44. The first-order valence-corrected chi connectivity index (χ1v) is 9.29. The molecule has 0 spiro atoms. The van der Waals surface area contributed by atoms with E-state index in [1.165, 1.54) is 23.3 Å². The zero-order chi connectivity index (χ0) is 19.2. The van der Waals surface area contributed by atoms with Gasteiger partial charge in [0, 0.05) is 38.4 Å². The molecule has 0 amide bonds. The van der Waals surface area contributed by atoms with Crippen LogP contribution in [0.4, 0.5) is 10.1 Å². The van der Waals surface area contributed by atoms with Crippen LogP contribution in [-0.2, 0) is 13.1 Å². The normalized spacial score (nSPS) is 15.5. The number of nitrogens with two attached hydrogens (primary N) is 1. The van der Waals surface area contributed by atoms with E-state index in [1.807, 2.05) is 12.1 Å². The van der Waals surface area contributed by atoms with Crippen molar-refractivity contribution in [3.63, 3.8) is 0 Å². The molecular formula is C21H28FN5. The van der Waals surface area contributed by atoms with Crippen molar-refractivity contribution in [2.24, 2.45) is 10.7 Å². The molecule has 3 rings (SSSR count). The molecule has 1 fully saturated rings. The average Bonchev–Trinajstić information content (AvgIpc) is 2.67. The fourth-order valence-electron chi connectivity index (χ4n) is 3.31. The predicted octanol–water partition coefficient (Wildman–Crippen LogP) is 2.52. The van der Waals surface area contributed by atoms with Gasteiger partial charge in [-0.2, -0.15) is 0 Å². The minimum Gasteiger partial charge on any atom is -0.370 e. The van der Waals surface area contributed by atoms with E-state index in [1.54, 1.807) is 0 Å². The van der Waals surface area contributed by atoms with Crippen molar-refractivity contribution in [1.82, 2.24) is 9.80 Å². The van der Waals surface area contributed by atoms with Crippen molar-refractivity contribution in [3.8, 4) is 0 Å². The fourth-order valence-corrected chi connectivity index (χ4v) is 3.31. The highest BCUT2D eigenvalue weighted by molar-refractivity contribution is 5.78. The van der Waals surface area contributed by atoms with Gasteiger partial charge >= 0.3 is 0 Å². The molecular weight excluding hydrogens is 341 g/mol. The van der Waals surface area contributed by atoms with E-state index in [9.17, 15) is 4.39 Å². The van der Waals surface area contributed by atoms with Crippen molar-refractivity contribution in [3.05, 3.63) is 65.5 Å². The summed E-state index contributed by atoms with van der Waals surface area (Å²) in [6.45, 7) is 4.82. The minimum atomic E-state index is -0.205. The molecule has 2 aromatic rings. The first kappa shape index (κ1) is 19.2. The van der Waals surface area contributed by atoms with Crippen molar-refractivity contribution in [2.45, 2.75) is 13.1 Å². The largest absolute Gasteiger partial charge is 0.370 e. The number of benzene rings is 2. The van der Waals surface area contributed by atoms with Gasteiger partial charge in [0.15, 0.2) is 5.96 Å². The van der Waals surface area contributed by atoms with Gasteiger partial charge < -0.3 is 20.4 Å². The van der Waals surface area contributed by atoms with Crippen molar-refractivity contribution >= 4 is 11.6 Å². The summed E-state index contributed by atoms with van der Waals surface area (Å²) in [6.07, 6.45) is 0. The summed E-state index contributed by atoms with van der Waals surface area (Å²) in [5.74, 6) is 0.384. The second-order valence-electron chi connectivity index (χ2n) is 7.18. The molecule has 144 valence electrons. The highest BCUT2D eigenvalue weighted by Gasteiger charge is 2.18. The molecule has 0 atom stereocenters. The molecule has 1 saturated heterocycles. The molecule has 6 heteroatoms. The van der Waals surface area contributed by atoms with Crippen LogP contribution in [0, 0.1) is 5.82 Å². The van der Waals surface area contributed by atoms with Crippen LogP contribution in [-0.4, -0.2) is 56.0 Å². The lowest BCUT2D eigenvalue weighted by molar-refractivity contribution is 0.380. The van der Waals surface area contributed by atoms with Gasteiger partial charge in [-0.05, 0) is 49.5 Å². The summed E-state index contributed by atoms with van der Waals surface area (Å²) in [6, 6.07) is 15.1. The van der Waals surface area contributed by atoms with Crippen LogP contribution in [0.25, 0.3) is 0 Å². The Labute approximate surface area is 160 Å². The van der Waals surface area contributed by atoms with Crippen molar-refractivity contribution in [2.75, 3.05) is 45.2 Å². The van der Waals surface area contributed by atoms with E-state index < -0.39 is 0 Å². The topological polar surface area (TPSA) is 48.1 Å². The minimum absolute atomic E-state index is 0.205. The molecule has 1 aliphatic heterocycles. The summed E-state index contributed by atoms with van der Waals surface area (Å²) in [5.41, 5.74) is 9.71. The summed E-state index contributed by atoms with van der Waals surface area (Å²) in [5, 5.41) is 0. The van der Waals surface area contributed by atoms with E-state index in [2.05, 4.69) is 58.1 Å². The molecule has 0 unspecified atom stereocenters. The second kappa shape index (κ2) is 8.86. The highest BCUT2D eigenvalue weighted by atomic mass is 19.1. The molecule has 27 heavy (non-hydrogen) atoms. The Kier molecular flexibility index (Phi) is 6.29. The molecule has 1 aliphatic rings. The van der Waals surface area contributed by atoms with E-state index >= 15 is 0 Å². The van der Waals surface area contributed by atoms with Crippen LogP contribution >= 0.6 is 0 Å². The van der Waals surface area contributed by atoms with Crippen molar-refractivity contribution in [1.29, 1.82) is 0 Å². The predicted molar refractivity (Wildman–Crippen MR) is 109 cm³/mol. The highest BCUT2D eigenvalue weighted by Crippen LogP contribution is 2.17. The monoisotopic (exact) mass is 369 g/mol. The maximum Gasteiger partial charge on any atom is 0.191 e. The van der Waals surface area contributed by atoms with E-state index in [0.717, 1.165) is 38.4 Å². The van der Waals surface area contributed by atoms with Gasteiger partial charge in [0.2, 0.25) is 0 Å². The van der Waals surface area contributed by atoms with Gasteiger partial charge in [0.05, 0.1) is 6.54 Å². The van der Waals surface area contributed by atoms with Gasteiger partial charge in [-0.25, -0.2) is 9.38 Å². The van der Waals surface area contributed by atoms with Crippen molar-refractivity contribution < 1.29 is 4.39 Å². The third-order valence-electron chi connectivity index (χ3n) is 4.71. The van der Waals surface area contributed by atoms with Crippen LogP contribution in [0.2, 0.25) is 0 Å². The molecule has 2 N–H and O–H groups in total. The van der Waals surface area contributed by atoms with Crippen LogP contribution in [0.1, 0.15) is 11.1 Å². The molecule has 1 heterocycles. The van der Waals surface area contributed by atoms with Gasteiger partial charge in [-0.3, -0.25) is 0 Å². The molecule has 2 aromatic carbocycles. The summed E-state index contributed by atoms with van der Waals surface area (Å²) >= 11 is 0. The number of piperazine rings is 1. The van der Waals surface area contributed by atoms with Gasteiger partial charge in [0.25, 0.3) is 0 Å². The average molecular weight is 369 g/mol. The number of nitrogens with zero attached hydrogens (tertiary/aromatic N) is 4. The number of hydrogen-bond donors (Lipinski definition) is 1. The molecule has 0 aliphatic carbocycles. The van der Waals surface area contributed by atoms with Gasteiger partial charge in [0.1, 0.15) is 5.82 Å². The zero-order valence-electron chi connectivity index (χ0n) is 16.1. The Bertz CT molecular complexity index is 764. The zero-order valence-corrected chi connectivity index (χ0v) is 16.1. The number of guanidine groups is 1. The number of anilines is 1. The maximum absolute atomic E-state index is 13.1. The molecule has 0 aromatic heterocycles. The van der Waals surface area contributed by atoms with Crippen LogP contribution in [0.3, 0.4) is 0 Å². The smallest absolute Gasteiger partial charge is 0.191 e. The molecule has 0 bridgehead atoms. The quantitative estimate of drug-likeness (QED) is 0.650. The lowest BCUT2D eigenvalue weighted by Crippen LogP contribution is -2.51. The van der Waals surface area contributed by atoms with Crippen LogP contribution in [0.15, 0.2) is 53.5 Å². The number of hydrogen-bond acceptors (Lipinski definition) is 3. The van der Waals surface area contributed by atoms with Crippen LogP contribution in [0.5, 0.6) is 0 Å². The van der Waals surface area contributed by atoms with Gasteiger partial charge in [-0.1, -0.05) is 24.3 Å². The standard InChI is InChI=1S/C21H28FN5/c1-25(2)16-18-5-3-4-17(14-18)15-24-21(23)27-12-10-26(11-13-27)20-8-6-19(22)7-9-20/h3-9,14H,10-13,15-16H2,1-2H3,(H2,23,24). The Morgan fingerprint density at radius 1 is 1.04 bits per heavy atom. The Morgan fingerprint density at radius 2 is 1.70 bits per heavy atom. The Morgan fingerprint density at radius 3 is 2.37 bits per heavy atom.